The molecule has 1 heteroatoms. The van der Waals surface area contributed by atoms with Gasteiger partial charge in [-0.15, -0.1) is 0 Å². The molecule has 1 atom stereocenters. The summed E-state index contributed by atoms with van der Waals surface area (Å²) in [5.74, 6) is 0.654. The van der Waals surface area contributed by atoms with Crippen LogP contribution in [-0.4, -0.2) is 12.1 Å². The normalized spacial score (nSPS) is 22.3. The minimum Gasteiger partial charge on any atom is -0.312 e. The summed E-state index contributed by atoms with van der Waals surface area (Å²) in [4.78, 5) is 0. The highest BCUT2D eigenvalue weighted by atomic mass is 14.9. The lowest BCUT2D eigenvalue weighted by Crippen LogP contribution is -2.36. The van der Waals surface area contributed by atoms with Crippen molar-refractivity contribution in [2.75, 3.05) is 6.54 Å². The zero-order valence-corrected chi connectivity index (χ0v) is 12.0. The molecule has 1 nitrogen and oxygen atoms in total. The van der Waals surface area contributed by atoms with Gasteiger partial charge in [-0.1, -0.05) is 18.1 Å². The van der Waals surface area contributed by atoms with E-state index in [0.717, 1.165) is 6.54 Å². The standard InChI is InChI=1S/C15H27N/c1-10-11(2)13(4)14(12(10)3)8-9-16-15(5,6)7/h12,16H,8-9H2,1-7H3. The van der Waals surface area contributed by atoms with Crippen LogP contribution in [0, 0.1) is 5.92 Å². The second-order valence-corrected chi connectivity index (χ2v) is 6.11. The van der Waals surface area contributed by atoms with E-state index < -0.39 is 0 Å². The van der Waals surface area contributed by atoms with Crippen molar-refractivity contribution in [2.45, 2.75) is 60.4 Å². The van der Waals surface area contributed by atoms with Crippen LogP contribution in [-0.2, 0) is 0 Å². The summed E-state index contributed by atoms with van der Waals surface area (Å²) in [5.41, 5.74) is 6.46. The van der Waals surface area contributed by atoms with Crippen LogP contribution in [0.1, 0.15) is 54.9 Å². The van der Waals surface area contributed by atoms with Crippen molar-refractivity contribution in [1.82, 2.24) is 5.32 Å². The van der Waals surface area contributed by atoms with E-state index in [4.69, 9.17) is 0 Å². The van der Waals surface area contributed by atoms with Crippen molar-refractivity contribution in [3.8, 4) is 0 Å². The molecule has 0 aliphatic heterocycles. The molecule has 16 heavy (non-hydrogen) atoms. The second-order valence-electron chi connectivity index (χ2n) is 6.11. The van der Waals surface area contributed by atoms with Gasteiger partial charge in [-0.3, -0.25) is 0 Å². The Hall–Kier alpha value is -0.560. The summed E-state index contributed by atoms with van der Waals surface area (Å²) in [6.45, 7) is 16.9. The maximum absolute atomic E-state index is 3.57. The van der Waals surface area contributed by atoms with Gasteiger partial charge in [0.05, 0.1) is 0 Å². The van der Waals surface area contributed by atoms with Crippen molar-refractivity contribution < 1.29 is 0 Å². The molecule has 1 N–H and O–H groups in total. The molecule has 1 unspecified atom stereocenters. The van der Waals surface area contributed by atoms with E-state index in [-0.39, 0.29) is 5.54 Å². The first-order valence-corrected chi connectivity index (χ1v) is 6.36. The SMILES string of the molecule is CC1=C(C)C(C)C(CCNC(C)(C)C)=C1C. The van der Waals surface area contributed by atoms with E-state index in [1.54, 1.807) is 11.1 Å². The van der Waals surface area contributed by atoms with Gasteiger partial charge in [0.25, 0.3) is 0 Å². The Morgan fingerprint density at radius 2 is 1.62 bits per heavy atom. The van der Waals surface area contributed by atoms with Crippen LogP contribution in [0.4, 0.5) is 0 Å². The highest BCUT2D eigenvalue weighted by Crippen LogP contribution is 2.37. The number of allylic oxidation sites excluding steroid dienone is 3. The molecule has 0 aromatic carbocycles. The summed E-state index contributed by atoms with van der Waals surface area (Å²) < 4.78 is 0. The molecule has 0 radical (unpaired) electrons. The van der Waals surface area contributed by atoms with Crippen molar-refractivity contribution >= 4 is 0 Å². The molecular formula is C15H27N. The number of hydrogen-bond acceptors (Lipinski definition) is 1. The van der Waals surface area contributed by atoms with Gasteiger partial charge in [-0.2, -0.15) is 0 Å². The maximum Gasteiger partial charge on any atom is 0.00966 e. The van der Waals surface area contributed by atoms with Crippen molar-refractivity contribution in [1.29, 1.82) is 0 Å². The lowest BCUT2D eigenvalue weighted by Gasteiger charge is -2.22. The van der Waals surface area contributed by atoms with Gasteiger partial charge in [0.2, 0.25) is 0 Å². The van der Waals surface area contributed by atoms with Gasteiger partial charge in [0.1, 0.15) is 0 Å². The molecule has 0 saturated carbocycles. The van der Waals surface area contributed by atoms with Gasteiger partial charge in [-0.05, 0) is 71.6 Å². The van der Waals surface area contributed by atoms with Crippen molar-refractivity contribution in [3.63, 3.8) is 0 Å². The first-order chi connectivity index (χ1) is 7.24. The van der Waals surface area contributed by atoms with E-state index in [1.165, 1.54) is 17.6 Å². The van der Waals surface area contributed by atoms with Gasteiger partial charge in [0.15, 0.2) is 0 Å². The van der Waals surface area contributed by atoms with Gasteiger partial charge >= 0.3 is 0 Å². The minimum absolute atomic E-state index is 0.230. The zero-order chi connectivity index (χ0) is 12.5. The Kier molecular flexibility index (Phi) is 4.01. The monoisotopic (exact) mass is 221 g/mol. The molecule has 0 amide bonds. The van der Waals surface area contributed by atoms with Crippen LogP contribution in [0.25, 0.3) is 0 Å². The Bertz CT molecular complexity index is 326. The molecule has 0 aromatic rings. The highest BCUT2D eigenvalue weighted by molar-refractivity contribution is 5.46. The second kappa shape index (κ2) is 4.75. The maximum atomic E-state index is 3.57. The average Bonchev–Trinajstić information content (AvgIpc) is 2.33. The minimum atomic E-state index is 0.230. The summed E-state index contributed by atoms with van der Waals surface area (Å²) in [6, 6.07) is 0. The molecule has 0 bridgehead atoms. The third-order valence-electron chi connectivity index (χ3n) is 3.86. The fraction of sp³-hybridized carbons (Fsp3) is 0.733. The third kappa shape index (κ3) is 2.98. The molecule has 1 aliphatic rings. The molecule has 92 valence electrons. The first-order valence-electron chi connectivity index (χ1n) is 6.36. The molecule has 0 spiro atoms. The van der Waals surface area contributed by atoms with Gasteiger partial charge in [0, 0.05) is 5.54 Å². The molecule has 1 rings (SSSR count). The van der Waals surface area contributed by atoms with E-state index in [9.17, 15) is 0 Å². The molecule has 0 aromatic heterocycles. The smallest absolute Gasteiger partial charge is 0.00966 e. The van der Waals surface area contributed by atoms with E-state index in [0.29, 0.717) is 5.92 Å². The van der Waals surface area contributed by atoms with E-state index in [2.05, 4.69) is 53.8 Å². The summed E-state index contributed by atoms with van der Waals surface area (Å²) in [6.07, 6.45) is 1.18. The summed E-state index contributed by atoms with van der Waals surface area (Å²) >= 11 is 0. The lowest BCUT2D eigenvalue weighted by molar-refractivity contribution is 0.426. The van der Waals surface area contributed by atoms with E-state index >= 15 is 0 Å². The quantitative estimate of drug-likeness (QED) is 0.757. The summed E-state index contributed by atoms with van der Waals surface area (Å²) in [7, 11) is 0. The lowest BCUT2D eigenvalue weighted by atomic mass is 9.95. The Morgan fingerprint density at radius 1 is 1.06 bits per heavy atom. The average molecular weight is 221 g/mol. The number of hydrogen-bond donors (Lipinski definition) is 1. The molecule has 0 saturated heterocycles. The Labute approximate surface area is 101 Å². The molecule has 0 fully saturated rings. The first kappa shape index (κ1) is 13.5. The number of rotatable bonds is 3. The van der Waals surface area contributed by atoms with Gasteiger partial charge < -0.3 is 5.32 Å². The van der Waals surface area contributed by atoms with Crippen molar-refractivity contribution in [3.05, 3.63) is 22.3 Å². The Balaban J connectivity index is 2.58. The van der Waals surface area contributed by atoms with Crippen LogP contribution in [0.2, 0.25) is 0 Å². The van der Waals surface area contributed by atoms with Crippen LogP contribution in [0.5, 0.6) is 0 Å². The predicted molar refractivity (Wildman–Crippen MR) is 72.6 cm³/mol. The summed E-state index contributed by atoms with van der Waals surface area (Å²) in [5, 5.41) is 3.57. The van der Waals surface area contributed by atoms with Gasteiger partial charge in [-0.25, -0.2) is 0 Å². The largest absolute Gasteiger partial charge is 0.312 e. The van der Waals surface area contributed by atoms with E-state index in [1.807, 2.05) is 0 Å². The topological polar surface area (TPSA) is 12.0 Å². The van der Waals surface area contributed by atoms with Crippen LogP contribution < -0.4 is 5.32 Å². The predicted octanol–water partition coefficient (Wildman–Crippen LogP) is 4.07. The number of nitrogens with one attached hydrogen (secondary N) is 1. The zero-order valence-electron chi connectivity index (χ0n) is 12.0. The molecule has 0 heterocycles. The third-order valence-corrected chi connectivity index (χ3v) is 3.86. The highest BCUT2D eigenvalue weighted by Gasteiger charge is 2.23. The fourth-order valence-electron chi connectivity index (χ4n) is 2.42. The van der Waals surface area contributed by atoms with Crippen LogP contribution >= 0.6 is 0 Å². The Morgan fingerprint density at radius 3 is 2.00 bits per heavy atom. The van der Waals surface area contributed by atoms with Crippen LogP contribution in [0.15, 0.2) is 22.3 Å². The van der Waals surface area contributed by atoms with Crippen LogP contribution in [0.3, 0.4) is 0 Å². The molecular weight excluding hydrogens is 194 g/mol. The van der Waals surface area contributed by atoms with Crippen molar-refractivity contribution in [2.24, 2.45) is 5.92 Å². The fourth-order valence-corrected chi connectivity index (χ4v) is 2.42. The molecule has 1 aliphatic carbocycles.